The minimum Gasteiger partial charge on any atom is -0.399 e. The van der Waals surface area contributed by atoms with Crippen LogP contribution in [0.3, 0.4) is 0 Å². The van der Waals surface area contributed by atoms with Crippen LogP contribution in [0.4, 0.5) is 5.69 Å². The molecule has 2 heteroatoms. The SMILES string of the molecule is CC(C)(C)c1c[nH]c2ccc(N)cc12. The first-order chi connectivity index (χ1) is 6.48. The Bertz CT molecular complexity index is 461. The Morgan fingerprint density at radius 1 is 1.21 bits per heavy atom. The van der Waals surface area contributed by atoms with E-state index in [9.17, 15) is 0 Å². The Labute approximate surface area is 84.1 Å². The molecule has 0 atom stereocenters. The molecule has 0 aliphatic rings. The van der Waals surface area contributed by atoms with Gasteiger partial charge in [0.15, 0.2) is 0 Å². The van der Waals surface area contributed by atoms with Crippen molar-refractivity contribution in [3.05, 3.63) is 30.0 Å². The van der Waals surface area contributed by atoms with E-state index in [2.05, 4.69) is 32.0 Å². The summed E-state index contributed by atoms with van der Waals surface area (Å²) in [6, 6.07) is 5.98. The maximum absolute atomic E-state index is 5.78. The molecule has 0 aliphatic heterocycles. The number of aromatic nitrogens is 1. The highest BCUT2D eigenvalue weighted by Gasteiger charge is 2.17. The summed E-state index contributed by atoms with van der Waals surface area (Å²) >= 11 is 0. The number of fused-ring (bicyclic) bond motifs is 1. The van der Waals surface area contributed by atoms with Crippen molar-refractivity contribution in [2.45, 2.75) is 26.2 Å². The third kappa shape index (κ3) is 1.37. The number of nitrogens with one attached hydrogen (secondary N) is 1. The number of nitrogen functional groups attached to an aromatic ring is 1. The van der Waals surface area contributed by atoms with Gasteiger partial charge in [0.05, 0.1) is 0 Å². The molecule has 14 heavy (non-hydrogen) atoms. The average molecular weight is 188 g/mol. The van der Waals surface area contributed by atoms with Crippen LogP contribution in [0.2, 0.25) is 0 Å². The zero-order valence-electron chi connectivity index (χ0n) is 8.89. The molecule has 0 amide bonds. The van der Waals surface area contributed by atoms with Crippen LogP contribution in [-0.2, 0) is 5.41 Å². The molecular weight excluding hydrogens is 172 g/mol. The summed E-state index contributed by atoms with van der Waals surface area (Å²) in [5, 5.41) is 1.23. The second-order valence-electron chi connectivity index (χ2n) is 4.76. The lowest BCUT2D eigenvalue weighted by molar-refractivity contribution is 0.596. The summed E-state index contributed by atoms with van der Waals surface area (Å²) < 4.78 is 0. The summed E-state index contributed by atoms with van der Waals surface area (Å²) in [6.07, 6.45) is 2.07. The molecule has 1 aromatic heterocycles. The van der Waals surface area contributed by atoms with Crippen molar-refractivity contribution >= 4 is 16.6 Å². The molecule has 0 aliphatic carbocycles. The van der Waals surface area contributed by atoms with Gasteiger partial charge in [-0.1, -0.05) is 20.8 Å². The van der Waals surface area contributed by atoms with Crippen molar-refractivity contribution < 1.29 is 0 Å². The minimum atomic E-state index is 0.159. The van der Waals surface area contributed by atoms with E-state index in [4.69, 9.17) is 5.73 Å². The summed E-state index contributed by atoms with van der Waals surface area (Å²) in [4.78, 5) is 3.27. The third-order valence-electron chi connectivity index (χ3n) is 2.51. The average Bonchev–Trinajstić information content (AvgIpc) is 2.45. The van der Waals surface area contributed by atoms with Gasteiger partial charge >= 0.3 is 0 Å². The van der Waals surface area contributed by atoms with Crippen LogP contribution < -0.4 is 5.73 Å². The Kier molecular flexibility index (Phi) is 1.81. The van der Waals surface area contributed by atoms with Gasteiger partial charge in [0.1, 0.15) is 0 Å². The standard InChI is InChI=1S/C12H16N2/c1-12(2,3)10-7-14-11-5-4-8(13)6-9(10)11/h4-7,14H,13H2,1-3H3. The van der Waals surface area contributed by atoms with E-state index in [0.717, 1.165) is 11.2 Å². The van der Waals surface area contributed by atoms with Crippen molar-refractivity contribution in [2.24, 2.45) is 0 Å². The monoisotopic (exact) mass is 188 g/mol. The second kappa shape index (κ2) is 2.77. The van der Waals surface area contributed by atoms with Gasteiger partial charge < -0.3 is 10.7 Å². The zero-order valence-corrected chi connectivity index (χ0v) is 8.89. The Morgan fingerprint density at radius 3 is 2.57 bits per heavy atom. The number of rotatable bonds is 0. The summed E-state index contributed by atoms with van der Waals surface area (Å²) in [6.45, 7) is 6.62. The number of H-pyrrole nitrogens is 1. The van der Waals surface area contributed by atoms with Crippen LogP contribution in [0.25, 0.3) is 10.9 Å². The Morgan fingerprint density at radius 2 is 1.93 bits per heavy atom. The number of anilines is 1. The van der Waals surface area contributed by atoms with E-state index in [1.165, 1.54) is 10.9 Å². The first-order valence-electron chi connectivity index (χ1n) is 4.85. The van der Waals surface area contributed by atoms with Crippen molar-refractivity contribution in [2.75, 3.05) is 5.73 Å². The Hall–Kier alpha value is -1.44. The highest BCUT2D eigenvalue weighted by Crippen LogP contribution is 2.30. The molecule has 2 rings (SSSR count). The molecule has 1 heterocycles. The maximum Gasteiger partial charge on any atom is 0.0458 e. The highest BCUT2D eigenvalue weighted by atomic mass is 14.7. The quantitative estimate of drug-likeness (QED) is 0.613. The van der Waals surface area contributed by atoms with E-state index in [0.29, 0.717) is 0 Å². The van der Waals surface area contributed by atoms with Crippen molar-refractivity contribution in [3.8, 4) is 0 Å². The number of nitrogens with two attached hydrogens (primary N) is 1. The maximum atomic E-state index is 5.78. The van der Waals surface area contributed by atoms with Gasteiger partial charge in [-0.05, 0) is 29.2 Å². The van der Waals surface area contributed by atoms with Crippen LogP contribution >= 0.6 is 0 Å². The van der Waals surface area contributed by atoms with Crippen LogP contribution in [0.5, 0.6) is 0 Å². The minimum absolute atomic E-state index is 0.159. The number of hydrogen-bond acceptors (Lipinski definition) is 1. The molecular formula is C12H16N2. The Balaban J connectivity index is 2.73. The largest absolute Gasteiger partial charge is 0.399 e. The van der Waals surface area contributed by atoms with Gasteiger partial charge in [-0.25, -0.2) is 0 Å². The van der Waals surface area contributed by atoms with Gasteiger partial charge in [0, 0.05) is 22.8 Å². The van der Waals surface area contributed by atoms with Crippen LogP contribution in [0, 0.1) is 0 Å². The molecule has 0 radical (unpaired) electrons. The zero-order chi connectivity index (χ0) is 10.3. The molecule has 2 aromatic rings. The molecule has 0 saturated heterocycles. The van der Waals surface area contributed by atoms with Gasteiger partial charge in [-0.2, -0.15) is 0 Å². The van der Waals surface area contributed by atoms with E-state index < -0.39 is 0 Å². The normalized spacial score (nSPS) is 12.2. The van der Waals surface area contributed by atoms with Crippen LogP contribution in [0.1, 0.15) is 26.3 Å². The second-order valence-corrected chi connectivity index (χ2v) is 4.76. The van der Waals surface area contributed by atoms with Gasteiger partial charge in [0.25, 0.3) is 0 Å². The van der Waals surface area contributed by atoms with Crippen LogP contribution in [-0.4, -0.2) is 4.98 Å². The van der Waals surface area contributed by atoms with Crippen molar-refractivity contribution in [1.29, 1.82) is 0 Å². The summed E-state index contributed by atoms with van der Waals surface area (Å²) in [5.41, 5.74) is 9.24. The van der Waals surface area contributed by atoms with Crippen molar-refractivity contribution in [3.63, 3.8) is 0 Å². The molecule has 0 saturated carbocycles. The van der Waals surface area contributed by atoms with Gasteiger partial charge in [-0.3, -0.25) is 0 Å². The fourth-order valence-corrected chi connectivity index (χ4v) is 1.76. The lowest BCUT2D eigenvalue weighted by Gasteiger charge is -2.17. The van der Waals surface area contributed by atoms with E-state index >= 15 is 0 Å². The van der Waals surface area contributed by atoms with Crippen LogP contribution in [0.15, 0.2) is 24.4 Å². The first-order valence-corrected chi connectivity index (χ1v) is 4.85. The van der Waals surface area contributed by atoms with E-state index in [1.54, 1.807) is 0 Å². The lowest BCUT2D eigenvalue weighted by atomic mass is 9.87. The van der Waals surface area contributed by atoms with Gasteiger partial charge in [-0.15, -0.1) is 0 Å². The molecule has 2 nitrogen and oxygen atoms in total. The molecule has 1 aromatic carbocycles. The van der Waals surface area contributed by atoms with Gasteiger partial charge in [0.2, 0.25) is 0 Å². The fraction of sp³-hybridized carbons (Fsp3) is 0.333. The number of benzene rings is 1. The molecule has 0 bridgehead atoms. The molecule has 0 spiro atoms. The predicted molar refractivity (Wildman–Crippen MR) is 61.4 cm³/mol. The smallest absolute Gasteiger partial charge is 0.0458 e. The van der Waals surface area contributed by atoms with E-state index in [1.807, 2.05) is 18.2 Å². The molecule has 3 N–H and O–H groups in total. The highest BCUT2D eigenvalue weighted by molar-refractivity contribution is 5.86. The third-order valence-corrected chi connectivity index (χ3v) is 2.51. The summed E-state index contributed by atoms with van der Waals surface area (Å²) in [5.74, 6) is 0. The lowest BCUT2D eigenvalue weighted by Crippen LogP contribution is -2.09. The number of aromatic amines is 1. The molecule has 74 valence electrons. The topological polar surface area (TPSA) is 41.8 Å². The fourth-order valence-electron chi connectivity index (χ4n) is 1.76. The summed E-state index contributed by atoms with van der Waals surface area (Å²) in [7, 11) is 0. The molecule has 0 fully saturated rings. The first kappa shape index (κ1) is 9.13. The van der Waals surface area contributed by atoms with Crippen molar-refractivity contribution in [1.82, 2.24) is 4.98 Å². The van der Waals surface area contributed by atoms with E-state index in [-0.39, 0.29) is 5.41 Å². The number of hydrogen-bond donors (Lipinski definition) is 2. The molecule has 0 unspecified atom stereocenters. The predicted octanol–water partition coefficient (Wildman–Crippen LogP) is 3.05.